The van der Waals surface area contributed by atoms with E-state index >= 15 is 0 Å². The smallest absolute Gasteiger partial charge is 0.257 e. The minimum atomic E-state index is 0.0287. The summed E-state index contributed by atoms with van der Waals surface area (Å²) in [5.74, 6) is 1.74. The number of aromatic nitrogens is 3. The highest BCUT2D eigenvalue weighted by Gasteiger charge is 2.31. The Morgan fingerprint density at radius 1 is 1.21 bits per heavy atom. The van der Waals surface area contributed by atoms with E-state index in [9.17, 15) is 4.79 Å². The highest BCUT2D eigenvalue weighted by molar-refractivity contribution is 5.97. The topological polar surface area (TPSA) is 60.2 Å². The number of imidazole rings is 1. The van der Waals surface area contributed by atoms with Crippen LogP contribution in [0.5, 0.6) is 5.75 Å². The largest absolute Gasteiger partial charge is 0.493 e. The Morgan fingerprint density at radius 2 is 2.07 bits per heavy atom. The zero-order valence-electron chi connectivity index (χ0n) is 16.5. The highest BCUT2D eigenvalue weighted by atomic mass is 16.5. The predicted octanol–water partition coefficient (Wildman–Crippen LogP) is 3.87. The molecule has 28 heavy (non-hydrogen) atoms. The van der Waals surface area contributed by atoms with Gasteiger partial charge in [-0.25, -0.2) is 9.97 Å². The number of benzene rings is 1. The van der Waals surface area contributed by atoms with Crippen LogP contribution >= 0.6 is 0 Å². The van der Waals surface area contributed by atoms with Crippen molar-refractivity contribution >= 4 is 17.1 Å². The van der Waals surface area contributed by atoms with Gasteiger partial charge in [-0.3, -0.25) is 4.79 Å². The third kappa shape index (κ3) is 3.35. The Morgan fingerprint density at radius 3 is 2.89 bits per heavy atom. The molecule has 1 saturated heterocycles. The second kappa shape index (κ2) is 8.00. The molecular formula is C22H26N4O2. The molecule has 0 radical (unpaired) electrons. The van der Waals surface area contributed by atoms with E-state index in [1.165, 1.54) is 0 Å². The van der Waals surface area contributed by atoms with Crippen molar-refractivity contribution in [3.63, 3.8) is 0 Å². The quantitative estimate of drug-likeness (QED) is 0.653. The first-order chi connectivity index (χ1) is 13.7. The summed E-state index contributed by atoms with van der Waals surface area (Å²) < 4.78 is 7.90. The molecule has 0 bridgehead atoms. The molecule has 1 atom stereocenters. The molecule has 2 aromatic heterocycles. The average Bonchev–Trinajstić information content (AvgIpc) is 3.32. The van der Waals surface area contributed by atoms with Crippen molar-refractivity contribution in [3.8, 4) is 5.75 Å². The van der Waals surface area contributed by atoms with E-state index in [1.807, 2.05) is 54.4 Å². The van der Waals surface area contributed by atoms with Gasteiger partial charge in [0.2, 0.25) is 0 Å². The third-order valence-electron chi connectivity index (χ3n) is 5.23. The molecule has 1 fully saturated rings. The van der Waals surface area contributed by atoms with Crippen molar-refractivity contribution in [2.45, 2.75) is 39.2 Å². The van der Waals surface area contributed by atoms with Gasteiger partial charge in [-0.1, -0.05) is 19.1 Å². The first-order valence-electron chi connectivity index (χ1n) is 10.1. The normalized spacial score (nSPS) is 16.6. The molecule has 0 N–H and O–H groups in total. The van der Waals surface area contributed by atoms with Crippen molar-refractivity contribution in [1.82, 2.24) is 19.4 Å². The summed E-state index contributed by atoms with van der Waals surface area (Å²) in [7, 11) is 0. The first kappa shape index (κ1) is 18.5. The lowest BCUT2D eigenvalue weighted by Crippen LogP contribution is -2.29. The minimum absolute atomic E-state index is 0.0287. The zero-order chi connectivity index (χ0) is 19.5. The van der Waals surface area contributed by atoms with Gasteiger partial charge in [-0.15, -0.1) is 0 Å². The second-order valence-electron chi connectivity index (χ2n) is 7.12. The molecule has 0 aliphatic carbocycles. The molecule has 0 spiro atoms. The van der Waals surface area contributed by atoms with E-state index in [0.717, 1.165) is 42.8 Å². The number of fused-ring (bicyclic) bond motifs is 1. The number of likely N-dealkylation sites (tertiary alicyclic amines) is 1. The third-order valence-corrected chi connectivity index (χ3v) is 5.23. The van der Waals surface area contributed by atoms with E-state index in [4.69, 9.17) is 9.72 Å². The van der Waals surface area contributed by atoms with Gasteiger partial charge < -0.3 is 14.2 Å². The van der Waals surface area contributed by atoms with Crippen LogP contribution in [-0.4, -0.2) is 45.0 Å². The van der Waals surface area contributed by atoms with Crippen LogP contribution < -0.4 is 4.74 Å². The minimum Gasteiger partial charge on any atom is -0.493 e. The van der Waals surface area contributed by atoms with Crippen molar-refractivity contribution in [3.05, 3.63) is 54.0 Å². The van der Waals surface area contributed by atoms with Gasteiger partial charge in [-0.05, 0) is 44.0 Å². The SMILES string of the molecule is CCCc1nc2cccnc2n1[C@H]1CCN(C(=O)c2ccccc2OCC)C1. The monoisotopic (exact) mass is 378 g/mol. The number of para-hydroxylation sites is 1. The van der Waals surface area contributed by atoms with E-state index < -0.39 is 0 Å². The Kier molecular flexibility index (Phi) is 5.28. The van der Waals surface area contributed by atoms with E-state index in [0.29, 0.717) is 24.5 Å². The number of ether oxygens (including phenoxy) is 1. The van der Waals surface area contributed by atoms with Crippen molar-refractivity contribution in [1.29, 1.82) is 0 Å². The summed E-state index contributed by atoms with van der Waals surface area (Å²) >= 11 is 0. The molecule has 6 heteroatoms. The molecule has 1 aliphatic heterocycles. The molecule has 6 nitrogen and oxygen atoms in total. The van der Waals surface area contributed by atoms with Gasteiger partial charge in [0.15, 0.2) is 5.65 Å². The molecule has 1 amide bonds. The van der Waals surface area contributed by atoms with Crippen LogP contribution in [0, 0.1) is 0 Å². The molecule has 3 aromatic rings. The molecule has 0 saturated carbocycles. The number of carbonyl (C=O) groups excluding carboxylic acids is 1. The fourth-order valence-electron chi connectivity index (χ4n) is 3.99. The van der Waals surface area contributed by atoms with Crippen LogP contribution in [0.15, 0.2) is 42.6 Å². The van der Waals surface area contributed by atoms with Gasteiger partial charge >= 0.3 is 0 Å². The van der Waals surface area contributed by atoms with Crippen LogP contribution in [0.3, 0.4) is 0 Å². The first-order valence-corrected chi connectivity index (χ1v) is 10.1. The number of nitrogens with zero attached hydrogens (tertiary/aromatic N) is 4. The molecule has 4 rings (SSSR count). The number of rotatable bonds is 6. The number of pyridine rings is 1. The van der Waals surface area contributed by atoms with Crippen LogP contribution in [0.2, 0.25) is 0 Å². The van der Waals surface area contributed by atoms with Gasteiger partial charge in [0.25, 0.3) is 5.91 Å². The van der Waals surface area contributed by atoms with Crippen molar-refractivity contribution in [2.75, 3.05) is 19.7 Å². The fourth-order valence-corrected chi connectivity index (χ4v) is 3.99. The van der Waals surface area contributed by atoms with Gasteiger partial charge in [0, 0.05) is 25.7 Å². The number of hydrogen-bond acceptors (Lipinski definition) is 4. The molecule has 3 heterocycles. The summed E-state index contributed by atoms with van der Waals surface area (Å²) in [5, 5.41) is 0. The molecule has 0 unspecified atom stereocenters. The van der Waals surface area contributed by atoms with Crippen molar-refractivity contribution < 1.29 is 9.53 Å². The van der Waals surface area contributed by atoms with Crippen LogP contribution in [0.1, 0.15) is 48.9 Å². The van der Waals surface area contributed by atoms with E-state index in [1.54, 1.807) is 0 Å². The van der Waals surface area contributed by atoms with Crippen molar-refractivity contribution in [2.24, 2.45) is 0 Å². The number of aryl methyl sites for hydroxylation is 1. The Bertz CT molecular complexity index is 982. The lowest BCUT2D eigenvalue weighted by Gasteiger charge is -2.20. The van der Waals surface area contributed by atoms with Crippen LogP contribution in [0.4, 0.5) is 0 Å². The Hall–Kier alpha value is -2.89. The number of hydrogen-bond donors (Lipinski definition) is 0. The van der Waals surface area contributed by atoms with Gasteiger partial charge in [-0.2, -0.15) is 0 Å². The van der Waals surface area contributed by atoms with Gasteiger partial charge in [0.05, 0.1) is 18.2 Å². The van der Waals surface area contributed by atoms with E-state index in [-0.39, 0.29) is 11.9 Å². The molecule has 1 aromatic carbocycles. The molecule has 1 aliphatic rings. The molecule has 146 valence electrons. The molecular weight excluding hydrogens is 352 g/mol. The van der Waals surface area contributed by atoms with Crippen LogP contribution in [-0.2, 0) is 6.42 Å². The maximum atomic E-state index is 13.1. The second-order valence-corrected chi connectivity index (χ2v) is 7.12. The average molecular weight is 378 g/mol. The lowest BCUT2D eigenvalue weighted by atomic mass is 10.1. The number of amides is 1. The Labute approximate surface area is 165 Å². The maximum Gasteiger partial charge on any atom is 0.257 e. The highest BCUT2D eigenvalue weighted by Crippen LogP contribution is 2.30. The summed E-state index contributed by atoms with van der Waals surface area (Å²) in [5.41, 5.74) is 2.48. The summed E-state index contributed by atoms with van der Waals surface area (Å²) in [4.78, 5) is 24.4. The standard InChI is InChI=1S/C22H26N4O2/c1-3-8-20-24-18-10-7-13-23-21(18)26(20)16-12-14-25(15-16)22(27)17-9-5-6-11-19(17)28-4-2/h5-7,9-11,13,16H,3-4,8,12,14-15H2,1-2H3/t16-/m0/s1. The van der Waals surface area contributed by atoms with Gasteiger partial charge in [0.1, 0.15) is 17.1 Å². The maximum absolute atomic E-state index is 13.1. The summed E-state index contributed by atoms with van der Waals surface area (Å²) in [6.07, 6.45) is 4.65. The number of carbonyl (C=O) groups is 1. The predicted molar refractivity (Wildman–Crippen MR) is 109 cm³/mol. The van der Waals surface area contributed by atoms with Crippen LogP contribution in [0.25, 0.3) is 11.2 Å². The summed E-state index contributed by atoms with van der Waals surface area (Å²) in [6.45, 7) is 6.02. The lowest BCUT2D eigenvalue weighted by molar-refractivity contribution is 0.0783. The summed E-state index contributed by atoms with van der Waals surface area (Å²) in [6, 6.07) is 11.6. The Balaban J connectivity index is 1.61. The zero-order valence-corrected chi connectivity index (χ0v) is 16.5. The fraction of sp³-hybridized carbons (Fsp3) is 0.409. The van der Waals surface area contributed by atoms with E-state index in [2.05, 4.69) is 16.5 Å².